The second-order valence-corrected chi connectivity index (χ2v) is 6.92. The molecule has 152 valence electrons. The number of nitrogens with one attached hydrogen (secondary N) is 2. The fraction of sp³-hybridized carbons (Fsp3) is 0.304. The van der Waals surface area contributed by atoms with Crippen LogP contribution in [-0.4, -0.2) is 42.4 Å². The van der Waals surface area contributed by atoms with E-state index in [4.69, 9.17) is 9.84 Å². The van der Waals surface area contributed by atoms with E-state index in [2.05, 4.69) is 18.4 Å². The van der Waals surface area contributed by atoms with E-state index in [1.54, 1.807) is 7.11 Å². The summed E-state index contributed by atoms with van der Waals surface area (Å²) in [5.41, 5.74) is 4.08. The number of hydrogen-bond acceptors (Lipinski definition) is 3. The van der Waals surface area contributed by atoms with Gasteiger partial charge in [0.25, 0.3) is 5.91 Å². The molecule has 29 heavy (non-hydrogen) atoms. The number of methoxy groups -OCH3 is 1. The van der Waals surface area contributed by atoms with E-state index in [9.17, 15) is 4.79 Å². The van der Waals surface area contributed by atoms with Crippen LogP contribution in [0, 0.1) is 0 Å². The summed E-state index contributed by atoms with van der Waals surface area (Å²) in [5, 5.41) is 7.76. The van der Waals surface area contributed by atoms with Crippen molar-refractivity contribution >= 4 is 5.91 Å². The molecule has 3 aromatic rings. The normalized spacial score (nSPS) is 11.8. The number of amides is 1. The van der Waals surface area contributed by atoms with Gasteiger partial charge in [0, 0.05) is 18.3 Å². The van der Waals surface area contributed by atoms with Crippen LogP contribution in [0.1, 0.15) is 19.4 Å². The molecule has 0 fully saturated rings. The summed E-state index contributed by atoms with van der Waals surface area (Å²) in [6.07, 6.45) is 2.07. The molecule has 3 rings (SSSR count). The number of benzene rings is 2. The molecule has 0 spiro atoms. The Morgan fingerprint density at radius 2 is 1.83 bits per heavy atom. The average Bonchev–Trinajstić information content (AvgIpc) is 3.18. The van der Waals surface area contributed by atoms with Gasteiger partial charge < -0.3 is 15.0 Å². The molecule has 0 aliphatic carbocycles. The van der Waals surface area contributed by atoms with Crippen molar-refractivity contribution in [3.63, 3.8) is 0 Å². The van der Waals surface area contributed by atoms with Crippen molar-refractivity contribution in [2.45, 2.75) is 20.4 Å². The Hall–Kier alpha value is -3.12. The Labute approximate surface area is 172 Å². The first kappa shape index (κ1) is 20.6. The van der Waals surface area contributed by atoms with Crippen molar-refractivity contribution in [2.24, 2.45) is 0 Å². The highest BCUT2D eigenvalue weighted by Gasteiger charge is 2.19. The third-order valence-electron chi connectivity index (χ3n) is 4.90. The van der Waals surface area contributed by atoms with Gasteiger partial charge in [-0.2, -0.15) is 5.10 Å². The van der Waals surface area contributed by atoms with Crippen molar-refractivity contribution in [1.29, 1.82) is 0 Å². The highest BCUT2D eigenvalue weighted by atomic mass is 16.5. The SMILES string of the molecule is CCNC(=O)C[NH+](CC)Cc1cn(-c2ccccc2)nc1-c1ccc(OC)cc1. The third-order valence-corrected chi connectivity index (χ3v) is 4.90. The van der Waals surface area contributed by atoms with Gasteiger partial charge in [0.1, 0.15) is 18.0 Å². The van der Waals surface area contributed by atoms with E-state index in [1.165, 1.54) is 4.90 Å². The van der Waals surface area contributed by atoms with Crippen LogP contribution < -0.4 is 15.0 Å². The molecule has 0 bridgehead atoms. The maximum atomic E-state index is 12.1. The quantitative estimate of drug-likeness (QED) is 0.585. The lowest BCUT2D eigenvalue weighted by Crippen LogP contribution is -3.11. The first-order chi connectivity index (χ1) is 14.1. The molecule has 6 nitrogen and oxygen atoms in total. The van der Waals surface area contributed by atoms with Crippen LogP contribution in [0.2, 0.25) is 0 Å². The lowest BCUT2D eigenvalue weighted by molar-refractivity contribution is -0.904. The van der Waals surface area contributed by atoms with Crippen molar-refractivity contribution in [2.75, 3.05) is 26.7 Å². The zero-order chi connectivity index (χ0) is 20.6. The number of nitrogens with zero attached hydrogens (tertiary/aromatic N) is 2. The maximum Gasteiger partial charge on any atom is 0.275 e. The van der Waals surface area contributed by atoms with Gasteiger partial charge in [-0.1, -0.05) is 18.2 Å². The Morgan fingerprint density at radius 3 is 2.45 bits per heavy atom. The summed E-state index contributed by atoms with van der Waals surface area (Å²) in [6.45, 7) is 6.72. The second kappa shape index (κ2) is 9.89. The minimum Gasteiger partial charge on any atom is -0.497 e. The summed E-state index contributed by atoms with van der Waals surface area (Å²) < 4.78 is 7.20. The first-order valence-corrected chi connectivity index (χ1v) is 10.0. The number of aromatic nitrogens is 2. The molecule has 0 aliphatic rings. The molecule has 1 aromatic heterocycles. The predicted octanol–water partition coefficient (Wildman–Crippen LogP) is 2.09. The number of rotatable bonds is 9. The highest BCUT2D eigenvalue weighted by molar-refractivity contribution is 5.76. The van der Waals surface area contributed by atoms with Gasteiger partial charge in [-0.3, -0.25) is 4.79 Å². The van der Waals surface area contributed by atoms with Crippen LogP contribution in [0.3, 0.4) is 0 Å². The van der Waals surface area contributed by atoms with Gasteiger partial charge in [0.15, 0.2) is 6.54 Å². The van der Waals surface area contributed by atoms with E-state index >= 15 is 0 Å². The summed E-state index contributed by atoms with van der Waals surface area (Å²) in [5.74, 6) is 0.889. The molecule has 1 unspecified atom stereocenters. The molecule has 2 aromatic carbocycles. The molecular weight excluding hydrogens is 364 g/mol. The summed E-state index contributed by atoms with van der Waals surface area (Å²) in [4.78, 5) is 13.3. The van der Waals surface area contributed by atoms with Gasteiger partial charge in [-0.15, -0.1) is 0 Å². The van der Waals surface area contributed by atoms with Gasteiger partial charge in [-0.05, 0) is 50.2 Å². The standard InChI is InChI=1S/C23H28N4O2/c1-4-24-22(28)17-26(5-2)15-19-16-27(20-9-7-6-8-10-20)25-23(19)18-11-13-21(29-3)14-12-18/h6-14,16H,4-5,15,17H2,1-3H3,(H,24,28)/p+1. The largest absolute Gasteiger partial charge is 0.497 e. The molecule has 0 radical (unpaired) electrons. The van der Waals surface area contributed by atoms with E-state index in [0.29, 0.717) is 13.1 Å². The van der Waals surface area contributed by atoms with Gasteiger partial charge in [0.05, 0.1) is 24.9 Å². The van der Waals surface area contributed by atoms with Crippen LogP contribution in [0.25, 0.3) is 16.9 Å². The van der Waals surface area contributed by atoms with E-state index in [-0.39, 0.29) is 5.91 Å². The van der Waals surface area contributed by atoms with Crippen LogP contribution in [0.5, 0.6) is 5.75 Å². The molecule has 1 atom stereocenters. The number of ether oxygens (including phenoxy) is 1. The number of para-hydroxylation sites is 1. The molecule has 1 heterocycles. The summed E-state index contributed by atoms with van der Waals surface area (Å²) in [7, 11) is 1.66. The highest BCUT2D eigenvalue weighted by Crippen LogP contribution is 2.25. The van der Waals surface area contributed by atoms with Crippen LogP contribution in [-0.2, 0) is 11.3 Å². The molecule has 1 amide bonds. The molecule has 2 N–H and O–H groups in total. The predicted molar refractivity (Wildman–Crippen MR) is 114 cm³/mol. The summed E-state index contributed by atoms with van der Waals surface area (Å²) in [6, 6.07) is 18.0. The van der Waals surface area contributed by atoms with Crippen LogP contribution >= 0.6 is 0 Å². The lowest BCUT2D eigenvalue weighted by atomic mass is 10.1. The van der Waals surface area contributed by atoms with Crippen LogP contribution in [0.15, 0.2) is 60.8 Å². The Morgan fingerprint density at radius 1 is 1.10 bits per heavy atom. The number of carbonyl (C=O) groups is 1. The van der Waals surface area contributed by atoms with Crippen molar-refractivity contribution in [1.82, 2.24) is 15.1 Å². The first-order valence-electron chi connectivity index (χ1n) is 10.0. The van der Waals surface area contributed by atoms with Gasteiger partial charge in [0.2, 0.25) is 0 Å². The topological polar surface area (TPSA) is 60.6 Å². The fourth-order valence-corrected chi connectivity index (χ4v) is 3.31. The van der Waals surface area contributed by atoms with E-state index < -0.39 is 0 Å². The third kappa shape index (κ3) is 5.23. The van der Waals surface area contributed by atoms with Crippen molar-refractivity contribution < 1.29 is 14.4 Å². The van der Waals surface area contributed by atoms with Gasteiger partial charge in [-0.25, -0.2) is 4.68 Å². The Bertz CT molecular complexity index is 920. The second-order valence-electron chi connectivity index (χ2n) is 6.92. The lowest BCUT2D eigenvalue weighted by Gasteiger charge is -2.17. The van der Waals surface area contributed by atoms with E-state index in [0.717, 1.165) is 41.3 Å². The minimum absolute atomic E-state index is 0.0748. The zero-order valence-corrected chi connectivity index (χ0v) is 17.3. The molecule has 6 heteroatoms. The van der Waals surface area contributed by atoms with E-state index in [1.807, 2.05) is 66.2 Å². The number of carbonyl (C=O) groups excluding carboxylic acids is 1. The van der Waals surface area contributed by atoms with Crippen molar-refractivity contribution in [3.8, 4) is 22.7 Å². The maximum absolute atomic E-state index is 12.1. The summed E-state index contributed by atoms with van der Waals surface area (Å²) >= 11 is 0. The minimum atomic E-state index is 0.0748. The Kier molecular flexibility index (Phi) is 7.03. The number of likely N-dealkylation sites (N-methyl/N-ethyl adjacent to an activating group) is 2. The molecular formula is C23H29N4O2+. The molecule has 0 saturated carbocycles. The zero-order valence-electron chi connectivity index (χ0n) is 17.3. The molecule has 0 aliphatic heterocycles. The van der Waals surface area contributed by atoms with Gasteiger partial charge >= 0.3 is 0 Å². The van der Waals surface area contributed by atoms with Crippen molar-refractivity contribution in [3.05, 3.63) is 66.4 Å². The molecule has 0 saturated heterocycles. The number of quaternary nitrogens is 1. The Balaban J connectivity index is 1.94. The number of hydrogen-bond donors (Lipinski definition) is 2. The average molecular weight is 394 g/mol. The monoisotopic (exact) mass is 393 g/mol. The van der Waals surface area contributed by atoms with Crippen LogP contribution in [0.4, 0.5) is 0 Å². The fourth-order valence-electron chi connectivity index (χ4n) is 3.31. The smallest absolute Gasteiger partial charge is 0.275 e.